The molecule has 0 bridgehead atoms. The summed E-state index contributed by atoms with van der Waals surface area (Å²) in [5.74, 6) is 0. The van der Waals surface area contributed by atoms with Gasteiger partial charge in [0.2, 0.25) is 5.28 Å². The second-order valence-electron chi connectivity index (χ2n) is 4.03. The molecule has 1 N–H and O–H groups in total. The Morgan fingerprint density at radius 3 is 2.68 bits per heavy atom. The average Bonchev–Trinajstić information content (AvgIpc) is 2.93. The molecule has 0 fully saturated rings. The van der Waals surface area contributed by atoms with Crippen molar-refractivity contribution in [1.82, 2.24) is 24.3 Å². The highest BCUT2D eigenvalue weighted by atomic mass is 35.5. The van der Waals surface area contributed by atoms with Crippen LogP contribution in [0.25, 0.3) is 22.3 Å². The van der Waals surface area contributed by atoms with E-state index in [0.29, 0.717) is 21.7 Å². The highest BCUT2D eigenvalue weighted by Crippen LogP contribution is 2.33. The van der Waals surface area contributed by atoms with Crippen molar-refractivity contribution in [1.29, 1.82) is 0 Å². The molecular weight excluding hydrogens is 289 g/mol. The van der Waals surface area contributed by atoms with Crippen molar-refractivity contribution in [2.75, 3.05) is 0 Å². The van der Waals surface area contributed by atoms with Crippen LogP contribution in [0.4, 0.5) is 0 Å². The fraction of sp³-hybridized carbons (Fsp3) is 0.182. The zero-order valence-electron chi connectivity index (χ0n) is 9.88. The third-order valence-corrected chi connectivity index (χ3v) is 3.23. The van der Waals surface area contributed by atoms with Gasteiger partial charge in [-0.15, -0.1) is 0 Å². The molecule has 0 aliphatic rings. The number of aryl methyl sites for hydroxylation is 1. The minimum atomic E-state index is -0.233. The lowest BCUT2D eigenvalue weighted by molar-refractivity contribution is 0.215. The second kappa shape index (κ2) is 4.48. The molecule has 0 unspecified atom stereocenters. The summed E-state index contributed by atoms with van der Waals surface area (Å²) >= 11 is 12.1. The lowest BCUT2D eigenvalue weighted by atomic mass is 10.2. The molecular formula is C11H9Cl2N5O. The van der Waals surface area contributed by atoms with Gasteiger partial charge in [-0.3, -0.25) is 4.68 Å². The summed E-state index contributed by atoms with van der Waals surface area (Å²) in [5, 5.41) is 14.6. The number of hydrogen-bond acceptors (Lipinski definition) is 4. The molecule has 0 amide bonds. The first-order chi connectivity index (χ1) is 9.10. The van der Waals surface area contributed by atoms with Gasteiger partial charge in [-0.1, -0.05) is 11.6 Å². The van der Waals surface area contributed by atoms with E-state index in [1.807, 2.05) is 13.2 Å². The van der Waals surface area contributed by atoms with Crippen molar-refractivity contribution in [3.63, 3.8) is 0 Å². The number of aliphatic hydroxyl groups is 1. The van der Waals surface area contributed by atoms with Crippen molar-refractivity contribution in [3.8, 4) is 11.3 Å². The number of fused-ring (bicyclic) bond motifs is 1. The molecule has 0 spiro atoms. The van der Waals surface area contributed by atoms with E-state index in [9.17, 15) is 5.11 Å². The van der Waals surface area contributed by atoms with E-state index >= 15 is 0 Å². The van der Waals surface area contributed by atoms with E-state index in [1.54, 1.807) is 17.1 Å². The highest BCUT2D eigenvalue weighted by Gasteiger charge is 2.17. The molecule has 98 valence electrons. The molecule has 3 heterocycles. The Morgan fingerprint density at radius 1 is 1.26 bits per heavy atom. The standard InChI is InChI=1S/C11H9Cl2N5O/c1-17-3-6(2-14-17)9-8-7(12)4-18(5-19)10(8)16-11(13)15-9/h2-4,19H,5H2,1H3. The average molecular weight is 298 g/mol. The first-order valence-corrected chi connectivity index (χ1v) is 6.17. The van der Waals surface area contributed by atoms with Crippen LogP contribution < -0.4 is 0 Å². The Balaban J connectivity index is 2.38. The molecule has 0 aliphatic heterocycles. The summed E-state index contributed by atoms with van der Waals surface area (Å²) in [5.41, 5.74) is 1.88. The fourth-order valence-electron chi connectivity index (χ4n) is 1.97. The summed E-state index contributed by atoms with van der Waals surface area (Å²) in [6, 6.07) is 0. The fourth-order valence-corrected chi connectivity index (χ4v) is 2.43. The van der Waals surface area contributed by atoms with E-state index in [-0.39, 0.29) is 12.0 Å². The van der Waals surface area contributed by atoms with Crippen LogP contribution in [0.2, 0.25) is 10.3 Å². The smallest absolute Gasteiger partial charge is 0.224 e. The first kappa shape index (κ1) is 12.4. The molecule has 0 saturated carbocycles. The van der Waals surface area contributed by atoms with Crippen molar-refractivity contribution in [2.45, 2.75) is 6.73 Å². The Hall–Kier alpha value is -1.63. The van der Waals surface area contributed by atoms with Crippen LogP contribution in [0.5, 0.6) is 0 Å². The number of rotatable bonds is 2. The topological polar surface area (TPSA) is 68.8 Å². The number of nitrogens with zero attached hydrogens (tertiary/aromatic N) is 5. The molecule has 3 aromatic heterocycles. The normalized spacial score (nSPS) is 11.4. The van der Waals surface area contributed by atoms with Gasteiger partial charge >= 0.3 is 0 Å². The molecule has 8 heteroatoms. The van der Waals surface area contributed by atoms with E-state index in [1.165, 1.54) is 4.57 Å². The van der Waals surface area contributed by atoms with Gasteiger partial charge in [-0.05, 0) is 11.6 Å². The second-order valence-corrected chi connectivity index (χ2v) is 4.78. The summed E-state index contributed by atoms with van der Waals surface area (Å²) < 4.78 is 3.17. The van der Waals surface area contributed by atoms with Crippen molar-refractivity contribution >= 4 is 34.2 Å². The van der Waals surface area contributed by atoms with Gasteiger partial charge in [0.25, 0.3) is 0 Å². The Labute approximate surface area is 118 Å². The van der Waals surface area contributed by atoms with E-state index < -0.39 is 0 Å². The molecule has 3 aromatic rings. The van der Waals surface area contributed by atoms with Crippen LogP contribution in [0.1, 0.15) is 0 Å². The Morgan fingerprint density at radius 2 is 2.05 bits per heavy atom. The van der Waals surface area contributed by atoms with Gasteiger partial charge in [-0.25, -0.2) is 4.98 Å². The predicted octanol–water partition coefficient (Wildman–Crippen LogP) is 2.09. The molecule has 3 rings (SSSR count). The van der Waals surface area contributed by atoms with Crippen LogP contribution in [0.15, 0.2) is 18.6 Å². The number of aromatic nitrogens is 5. The Bertz CT molecular complexity index is 764. The summed E-state index contributed by atoms with van der Waals surface area (Å²) in [6.45, 7) is -0.233. The molecule has 0 saturated heterocycles. The van der Waals surface area contributed by atoms with Gasteiger partial charge in [-0.2, -0.15) is 10.1 Å². The molecule has 0 aliphatic carbocycles. The molecule has 6 nitrogen and oxygen atoms in total. The zero-order valence-corrected chi connectivity index (χ0v) is 11.4. The van der Waals surface area contributed by atoms with Gasteiger partial charge in [0.05, 0.1) is 22.3 Å². The summed E-state index contributed by atoms with van der Waals surface area (Å²) in [7, 11) is 1.81. The van der Waals surface area contributed by atoms with Crippen LogP contribution >= 0.6 is 23.2 Å². The number of halogens is 2. The van der Waals surface area contributed by atoms with Gasteiger partial charge in [0.1, 0.15) is 12.4 Å². The maximum Gasteiger partial charge on any atom is 0.224 e. The van der Waals surface area contributed by atoms with E-state index in [4.69, 9.17) is 23.2 Å². The van der Waals surface area contributed by atoms with Crippen LogP contribution in [-0.2, 0) is 13.8 Å². The van der Waals surface area contributed by atoms with Crippen molar-refractivity contribution in [3.05, 3.63) is 28.9 Å². The molecule has 0 aromatic carbocycles. The highest BCUT2D eigenvalue weighted by molar-refractivity contribution is 6.37. The monoisotopic (exact) mass is 297 g/mol. The molecule has 0 atom stereocenters. The maximum absolute atomic E-state index is 9.29. The van der Waals surface area contributed by atoms with Crippen LogP contribution in [0.3, 0.4) is 0 Å². The summed E-state index contributed by atoms with van der Waals surface area (Å²) in [4.78, 5) is 8.32. The largest absolute Gasteiger partial charge is 0.376 e. The van der Waals surface area contributed by atoms with Crippen molar-refractivity contribution < 1.29 is 5.11 Å². The Kier molecular flexibility index (Phi) is 2.93. The first-order valence-electron chi connectivity index (χ1n) is 5.42. The summed E-state index contributed by atoms with van der Waals surface area (Å²) in [6.07, 6.45) is 5.08. The van der Waals surface area contributed by atoms with Crippen LogP contribution in [0, 0.1) is 0 Å². The van der Waals surface area contributed by atoms with E-state index in [0.717, 1.165) is 5.56 Å². The number of aliphatic hydroxyl groups excluding tert-OH is 1. The zero-order chi connectivity index (χ0) is 13.6. The van der Waals surface area contributed by atoms with Gasteiger partial charge < -0.3 is 9.67 Å². The number of hydrogen-bond donors (Lipinski definition) is 1. The quantitative estimate of drug-likeness (QED) is 0.736. The van der Waals surface area contributed by atoms with Crippen LogP contribution in [-0.4, -0.2) is 29.4 Å². The lowest BCUT2D eigenvalue weighted by Gasteiger charge is -2.03. The van der Waals surface area contributed by atoms with Gasteiger partial charge in [0.15, 0.2) is 0 Å². The predicted molar refractivity (Wildman–Crippen MR) is 72.0 cm³/mol. The van der Waals surface area contributed by atoms with E-state index in [2.05, 4.69) is 15.1 Å². The molecule has 19 heavy (non-hydrogen) atoms. The maximum atomic E-state index is 9.29. The minimum absolute atomic E-state index is 0.0934. The lowest BCUT2D eigenvalue weighted by Crippen LogP contribution is -1.97. The third kappa shape index (κ3) is 1.98. The molecule has 0 radical (unpaired) electrons. The van der Waals surface area contributed by atoms with Crippen molar-refractivity contribution in [2.24, 2.45) is 7.05 Å². The minimum Gasteiger partial charge on any atom is -0.376 e. The van der Waals surface area contributed by atoms with Gasteiger partial charge in [0, 0.05) is 25.0 Å². The third-order valence-electron chi connectivity index (χ3n) is 2.77. The SMILES string of the molecule is Cn1cc(-c2nc(Cl)nc3c2c(Cl)cn3CO)cn1.